The summed E-state index contributed by atoms with van der Waals surface area (Å²) in [5, 5.41) is 4.18. The van der Waals surface area contributed by atoms with Gasteiger partial charge in [0.1, 0.15) is 18.2 Å². The van der Waals surface area contributed by atoms with Crippen LogP contribution in [-0.4, -0.2) is 15.6 Å². The van der Waals surface area contributed by atoms with E-state index in [-0.39, 0.29) is 12.1 Å². The summed E-state index contributed by atoms with van der Waals surface area (Å²) in [5.41, 5.74) is -0.168. The summed E-state index contributed by atoms with van der Waals surface area (Å²) in [7, 11) is 0. The zero-order valence-corrected chi connectivity index (χ0v) is 9.29. The first-order chi connectivity index (χ1) is 8.06. The largest absolute Gasteiger partial charge is 0.292 e. The Hall–Kier alpha value is -1.75. The van der Waals surface area contributed by atoms with Crippen molar-refractivity contribution in [2.75, 3.05) is 0 Å². The fourth-order valence-electron chi connectivity index (χ4n) is 1.37. The first-order valence-corrected chi connectivity index (χ1v) is 5.10. The molecule has 88 valence electrons. The molecule has 0 N–H and O–H groups in total. The minimum absolute atomic E-state index is 0.144. The molecule has 2 aromatic rings. The predicted octanol–water partition coefficient (Wildman–Crippen LogP) is 2.70. The molecule has 0 saturated heterocycles. The van der Waals surface area contributed by atoms with Crippen LogP contribution in [0, 0.1) is 11.6 Å². The highest BCUT2D eigenvalue weighted by atomic mass is 35.5. The molecule has 0 spiro atoms. The van der Waals surface area contributed by atoms with Crippen molar-refractivity contribution >= 4 is 17.4 Å². The maximum absolute atomic E-state index is 13.3. The number of Topliss-reactive ketones (excluding diaryl/α,β-unsaturated/α-hetero) is 1. The summed E-state index contributed by atoms with van der Waals surface area (Å²) >= 11 is 5.62. The summed E-state index contributed by atoms with van der Waals surface area (Å²) < 4.78 is 27.2. The Bertz CT molecular complexity index is 568. The van der Waals surface area contributed by atoms with E-state index in [9.17, 15) is 13.6 Å². The molecule has 1 heterocycles. The molecule has 1 aromatic carbocycles. The van der Waals surface area contributed by atoms with Gasteiger partial charge in [0, 0.05) is 12.3 Å². The van der Waals surface area contributed by atoms with Crippen LogP contribution in [0.2, 0.25) is 5.02 Å². The highest BCUT2D eigenvalue weighted by Crippen LogP contribution is 2.12. The lowest BCUT2D eigenvalue weighted by Crippen LogP contribution is -2.12. The molecule has 0 atom stereocenters. The van der Waals surface area contributed by atoms with Crippen molar-refractivity contribution in [1.29, 1.82) is 0 Å². The van der Waals surface area contributed by atoms with Crippen LogP contribution in [-0.2, 0) is 6.54 Å². The van der Waals surface area contributed by atoms with Gasteiger partial charge in [0.05, 0.1) is 16.8 Å². The molecule has 17 heavy (non-hydrogen) atoms. The second-order valence-electron chi connectivity index (χ2n) is 3.40. The third kappa shape index (κ3) is 2.68. The molecule has 0 aliphatic heterocycles. The normalized spacial score (nSPS) is 10.5. The van der Waals surface area contributed by atoms with Gasteiger partial charge in [0.25, 0.3) is 0 Å². The lowest BCUT2D eigenvalue weighted by molar-refractivity contribution is 0.0963. The van der Waals surface area contributed by atoms with Gasteiger partial charge in [-0.2, -0.15) is 5.10 Å². The molecule has 0 aliphatic rings. The molecular formula is C11H7ClF2N2O. The third-order valence-electron chi connectivity index (χ3n) is 2.14. The van der Waals surface area contributed by atoms with E-state index in [0.717, 1.165) is 12.1 Å². The summed E-state index contributed by atoms with van der Waals surface area (Å²) in [6, 6.07) is 2.81. The molecule has 0 saturated carbocycles. The Morgan fingerprint density at radius 1 is 1.41 bits per heavy atom. The predicted molar refractivity (Wildman–Crippen MR) is 57.9 cm³/mol. The van der Waals surface area contributed by atoms with Crippen molar-refractivity contribution in [1.82, 2.24) is 9.78 Å². The number of halogens is 3. The lowest BCUT2D eigenvalue weighted by atomic mass is 10.1. The maximum atomic E-state index is 13.3. The number of hydrogen-bond donors (Lipinski definition) is 0. The molecule has 3 nitrogen and oxygen atoms in total. The highest BCUT2D eigenvalue weighted by molar-refractivity contribution is 6.30. The maximum Gasteiger partial charge on any atom is 0.187 e. The summed E-state index contributed by atoms with van der Waals surface area (Å²) in [5.74, 6) is -2.10. The first kappa shape index (κ1) is 11.7. The Morgan fingerprint density at radius 2 is 2.18 bits per heavy atom. The monoisotopic (exact) mass is 256 g/mol. The molecule has 0 fully saturated rings. The standard InChI is InChI=1S/C11H7ClF2N2O/c12-7-4-15-16(5-7)6-11(17)9-2-1-8(13)3-10(9)14/h1-5H,6H2. The van der Waals surface area contributed by atoms with E-state index in [1.807, 2.05) is 0 Å². The van der Waals surface area contributed by atoms with Gasteiger partial charge in [-0.15, -0.1) is 0 Å². The second kappa shape index (κ2) is 4.63. The second-order valence-corrected chi connectivity index (χ2v) is 3.84. The van der Waals surface area contributed by atoms with Gasteiger partial charge in [-0.05, 0) is 12.1 Å². The van der Waals surface area contributed by atoms with Crippen LogP contribution in [0.3, 0.4) is 0 Å². The number of ketones is 1. The minimum Gasteiger partial charge on any atom is -0.292 e. The molecule has 0 radical (unpaired) electrons. The van der Waals surface area contributed by atoms with E-state index in [0.29, 0.717) is 11.1 Å². The van der Waals surface area contributed by atoms with Gasteiger partial charge in [0.2, 0.25) is 0 Å². The van der Waals surface area contributed by atoms with Gasteiger partial charge in [-0.25, -0.2) is 8.78 Å². The SMILES string of the molecule is O=C(Cn1cc(Cl)cn1)c1ccc(F)cc1F. The van der Waals surface area contributed by atoms with Crippen molar-refractivity contribution in [3.05, 3.63) is 52.8 Å². The zero-order valence-electron chi connectivity index (χ0n) is 8.53. The van der Waals surface area contributed by atoms with E-state index < -0.39 is 17.4 Å². The molecule has 1 aromatic heterocycles. The fourth-order valence-corrected chi connectivity index (χ4v) is 1.53. The van der Waals surface area contributed by atoms with E-state index in [4.69, 9.17) is 11.6 Å². The Labute approximate surface area is 101 Å². The van der Waals surface area contributed by atoms with Crippen LogP contribution in [0.5, 0.6) is 0 Å². The topological polar surface area (TPSA) is 34.9 Å². The third-order valence-corrected chi connectivity index (χ3v) is 2.33. The molecular weight excluding hydrogens is 250 g/mol. The minimum atomic E-state index is -0.881. The highest BCUT2D eigenvalue weighted by Gasteiger charge is 2.13. The van der Waals surface area contributed by atoms with Crippen molar-refractivity contribution in [3.8, 4) is 0 Å². The van der Waals surface area contributed by atoms with Crippen LogP contribution in [0.4, 0.5) is 8.78 Å². The zero-order chi connectivity index (χ0) is 12.4. The number of rotatable bonds is 3. The van der Waals surface area contributed by atoms with Crippen LogP contribution in [0.1, 0.15) is 10.4 Å². The molecule has 2 rings (SSSR count). The van der Waals surface area contributed by atoms with Gasteiger partial charge < -0.3 is 0 Å². The number of aromatic nitrogens is 2. The van der Waals surface area contributed by atoms with Crippen molar-refractivity contribution in [3.63, 3.8) is 0 Å². The fraction of sp³-hybridized carbons (Fsp3) is 0.0909. The molecule has 6 heteroatoms. The number of carbonyl (C=O) groups is 1. The summed E-state index contributed by atoms with van der Waals surface area (Å²) in [4.78, 5) is 11.7. The van der Waals surface area contributed by atoms with Crippen molar-refractivity contribution in [2.24, 2.45) is 0 Å². The van der Waals surface area contributed by atoms with E-state index in [2.05, 4.69) is 5.10 Å². The van der Waals surface area contributed by atoms with E-state index in [1.54, 1.807) is 0 Å². The van der Waals surface area contributed by atoms with Crippen LogP contribution in [0.25, 0.3) is 0 Å². The summed E-state index contributed by atoms with van der Waals surface area (Å²) in [6.07, 6.45) is 2.82. The number of nitrogens with zero attached hydrogens (tertiary/aromatic N) is 2. The van der Waals surface area contributed by atoms with Gasteiger partial charge in [0.15, 0.2) is 5.78 Å². The van der Waals surface area contributed by atoms with Gasteiger partial charge in [-0.1, -0.05) is 11.6 Å². The van der Waals surface area contributed by atoms with Crippen molar-refractivity contribution in [2.45, 2.75) is 6.54 Å². The Balaban J connectivity index is 2.20. The van der Waals surface area contributed by atoms with Crippen molar-refractivity contribution < 1.29 is 13.6 Å². The number of carbonyl (C=O) groups excluding carboxylic acids is 1. The van der Waals surface area contributed by atoms with Gasteiger partial charge >= 0.3 is 0 Å². The van der Waals surface area contributed by atoms with Crippen LogP contribution in [0.15, 0.2) is 30.6 Å². The summed E-state index contributed by atoms with van der Waals surface area (Å²) in [6.45, 7) is -0.144. The van der Waals surface area contributed by atoms with Gasteiger partial charge in [-0.3, -0.25) is 9.48 Å². The first-order valence-electron chi connectivity index (χ1n) is 4.72. The molecule has 0 bridgehead atoms. The molecule has 0 aliphatic carbocycles. The quantitative estimate of drug-likeness (QED) is 0.792. The number of benzene rings is 1. The average Bonchev–Trinajstić information content (AvgIpc) is 2.63. The van der Waals surface area contributed by atoms with Crippen LogP contribution < -0.4 is 0 Å². The van der Waals surface area contributed by atoms with E-state index >= 15 is 0 Å². The lowest BCUT2D eigenvalue weighted by Gasteiger charge is -2.02. The smallest absolute Gasteiger partial charge is 0.187 e. The average molecular weight is 257 g/mol. The van der Waals surface area contributed by atoms with E-state index in [1.165, 1.54) is 17.1 Å². The molecule has 0 unspecified atom stereocenters. The molecule has 0 amide bonds. The Kier molecular flexibility index (Phi) is 3.19. The Morgan fingerprint density at radius 3 is 2.76 bits per heavy atom. The number of hydrogen-bond acceptors (Lipinski definition) is 2. The van der Waals surface area contributed by atoms with Crippen LogP contribution >= 0.6 is 11.6 Å².